The lowest BCUT2D eigenvalue weighted by Gasteiger charge is -2.23. The third-order valence-electron chi connectivity index (χ3n) is 3.10. The van der Waals surface area contributed by atoms with E-state index in [0.717, 1.165) is 18.2 Å². The maximum atomic E-state index is 13.0. The molecule has 0 radical (unpaired) electrons. The van der Waals surface area contributed by atoms with Crippen LogP contribution in [-0.4, -0.2) is 31.4 Å². The molecule has 1 heterocycles. The Balaban J connectivity index is 2.15. The summed E-state index contributed by atoms with van der Waals surface area (Å²) in [5.41, 5.74) is -0.898. The quantitative estimate of drug-likeness (QED) is 0.892. The first kappa shape index (κ1) is 13.9. The molecule has 2 rings (SSSR count). The van der Waals surface area contributed by atoms with Crippen LogP contribution in [0.15, 0.2) is 18.2 Å². The molecule has 19 heavy (non-hydrogen) atoms. The number of benzene rings is 1. The van der Waals surface area contributed by atoms with Gasteiger partial charge in [0.05, 0.1) is 17.0 Å². The molecule has 1 saturated heterocycles. The van der Waals surface area contributed by atoms with Gasteiger partial charge in [0.1, 0.15) is 0 Å². The second kappa shape index (κ2) is 4.56. The summed E-state index contributed by atoms with van der Waals surface area (Å²) in [5.74, 6) is -2.89. The number of carbonyl (C=O) groups excluding carboxylic acids is 1. The molecule has 0 spiro atoms. The van der Waals surface area contributed by atoms with Crippen molar-refractivity contribution >= 4 is 15.7 Å². The lowest BCUT2D eigenvalue weighted by atomic mass is 10.0. The summed E-state index contributed by atoms with van der Waals surface area (Å²) in [7, 11) is -3.15. The van der Waals surface area contributed by atoms with E-state index in [1.807, 2.05) is 0 Å². The van der Waals surface area contributed by atoms with E-state index in [4.69, 9.17) is 0 Å². The molecule has 1 amide bonds. The zero-order chi connectivity index (χ0) is 14.3. The molecule has 1 aromatic carbocycles. The number of hydrogen-bond acceptors (Lipinski definition) is 3. The summed E-state index contributed by atoms with van der Waals surface area (Å²) < 4.78 is 48.6. The van der Waals surface area contributed by atoms with E-state index in [0.29, 0.717) is 6.42 Å². The fourth-order valence-corrected chi connectivity index (χ4v) is 4.19. The number of halogens is 2. The number of hydrogen-bond donors (Lipinski definition) is 1. The monoisotopic (exact) mass is 289 g/mol. The molecular weight excluding hydrogens is 276 g/mol. The van der Waals surface area contributed by atoms with Crippen LogP contribution in [0.4, 0.5) is 8.78 Å². The molecule has 1 fully saturated rings. The Labute approximate surface area is 109 Å². The van der Waals surface area contributed by atoms with Gasteiger partial charge in [0, 0.05) is 5.56 Å². The van der Waals surface area contributed by atoms with Crippen molar-refractivity contribution in [1.82, 2.24) is 5.32 Å². The van der Waals surface area contributed by atoms with Crippen LogP contribution in [-0.2, 0) is 9.84 Å². The number of amides is 1. The average molecular weight is 289 g/mol. The Morgan fingerprint density at radius 3 is 2.53 bits per heavy atom. The second-order valence-electron chi connectivity index (χ2n) is 4.99. The third kappa shape index (κ3) is 3.09. The van der Waals surface area contributed by atoms with Crippen molar-refractivity contribution in [2.75, 3.05) is 11.5 Å². The predicted molar refractivity (Wildman–Crippen MR) is 65.5 cm³/mol. The highest BCUT2D eigenvalue weighted by Crippen LogP contribution is 2.23. The van der Waals surface area contributed by atoms with Gasteiger partial charge in [-0.1, -0.05) is 0 Å². The van der Waals surface area contributed by atoms with E-state index in [9.17, 15) is 22.0 Å². The van der Waals surface area contributed by atoms with E-state index in [-0.39, 0.29) is 17.1 Å². The number of carbonyl (C=O) groups is 1. The average Bonchev–Trinajstić information content (AvgIpc) is 2.56. The van der Waals surface area contributed by atoms with Gasteiger partial charge in [-0.15, -0.1) is 0 Å². The van der Waals surface area contributed by atoms with Gasteiger partial charge in [-0.3, -0.25) is 4.79 Å². The molecule has 0 saturated carbocycles. The van der Waals surface area contributed by atoms with Gasteiger partial charge < -0.3 is 5.32 Å². The molecule has 0 aliphatic carbocycles. The summed E-state index contributed by atoms with van der Waals surface area (Å²) >= 11 is 0. The first-order valence-corrected chi connectivity index (χ1v) is 7.51. The van der Waals surface area contributed by atoms with Gasteiger partial charge in [-0.25, -0.2) is 17.2 Å². The van der Waals surface area contributed by atoms with Crippen LogP contribution in [0, 0.1) is 11.6 Å². The fraction of sp³-hybridized carbons (Fsp3) is 0.417. The molecule has 1 atom stereocenters. The normalized spacial score (nSPS) is 25.2. The maximum absolute atomic E-state index is 13.0. The predicted octanol–water partition coefficient (Wildman–Crippen LogP) is 1.27. The van der Waals surface area contributed by atoms with Gasteiger partial charge >= 0.3 is 0 Å². The van der Waals surface area contributed by atoms with Crippen molar-refractivity contribution in [2.45, 2.75) is 18.9 Å². The highest BCUT2D eigenvalue weighted by molar-refractivity contribution is 7.91. The zero-order valence-electron chi connectivity index (χ0n) is 10.2. The molecule has 104 valence electrons. The molecule has 1 aliphatic heterocycles. The first-order valence-electron chi connectivity index (χ1n) is 5.69. The fourth-order valence-electron chi connectivity index (χ4n) is 2.09. The van der Waals surface area contributed by atoms with E-state index >= 15 is 0 Å². The molecular formula is C12H13F2NO3S. The molecule has 7 heteroatoms. The van der Waals surface area contributed by atoms with Crippen LogP contribution in [0.3, 0.4) is 0 Å². The van der Waals surface area contributed by atoms with Gasteiger partial charge in [0.15, 0.2) is 21.5 Å². The lowest BCUT2D eigenvalue weighted by molar-refractivity contribution is 0.0915. The van der Waals surface area contributed by atoms with Gasteiger partial charge in [-0.05, 0) is 31.5 Å². The Kier molecular flexibility index (Phi) is 3.34. The van der Waals surface area contributed by atoms with Crippen molar-refractivity contribution in [2.24, 2.45) is 0 Å². The van der Waals surface area contributed by atoms with Crippen LogP contribution in [0.2, 0.25) is 0 Å². The highest BCUT2D eigenvalue weighted by Gasteiger charge is 2.39. The summed E-state index contributed by atoms with van der Waals surface area (Å²) in [6.07, 6.45) is 0.310. The van der Waals surface area contributed by atoms with Crippen molar-refractivity contribution in [3.05, 3.63) is 35.4 Å². The first-order chi connectivity index (χ1) is 8.71. The minimum Gasteiger partial charge on any atom is -0.346 e. The largest absolute Gasteiger partial charge is 0.346 e. The molecule has 1 N–H and O–H groups in total. The summed E-state index contributed by atoms with van der Waals surface area (Å²) in [4.78, 5) is 11.9. The summed E-state index contributed by atoms with van der Waals surface area (Å²) in [6.45, 7) is 1.62. The van der Waals surface area contributed by atoms with Crippen molar-refractivity contribution in [3.8, 4) is 0 Å². The lowest BCUT2D eigenvalue weighted by Crippen LogP contribution is -2.46. The van der Waals surface area contributed by atoms with Gasteiger partial charge in [-0.2, -0.15) is 0 Å². The Bertz CT molecular complexity index is 630. The van der Waals surface area contributed by atoms with Crippen LogP contribution >= 0.6 is 0 Å². The van der Waals surface area contributed by atoms with Crippen molar-refractivity contribution < 1.29 is 22.0 Å². The Morgan fingerprint density at radius 2 is 2.00 bits per heavy atom. The van der Waals surface area contributed by atoms with Gasteiger partial charge in [0.2, 0.25) is 0 Å². The molecule has 0 bridgehead atoms. The smallest absolute Gasteiger partial charge is 0.251 e. The summed E-state index contributed by atoms with van der Waals surface area (Å²) in [5, 5.41) is 2.57. The molecule has 1 aliphatic rings. The molecule has 0 unspecified atom stereocenters. The maximum Gasteiger partial charge on any atom is 0.251 e. The molecule has 0 aromatic heterocycles. The third-order valence-corrected chi connectivity index (χ3v) is 5.00. The number of nitrogens with one attached hydrogen (secondary N) is 1. The summed E-state index contributed by atoms with van der Waals surface area (Å²) in [6, 6.07) is 2.80. The Morgan fingerprint density at radius 1 is 1.32 bits per heavy atom. The number of sulfone groups is 1. The standard InChI is InChI=1S/C12H13F2NO3S/c1-12(4-5-19(17,18)7-12)15-11(16)8-2-3-9(13)10(14)6-8/h2-3,6H,4-5,7H2,1H3,(H,15,16)/t12-/m1/s1. The van der Waals surface area contributed by atoms with Gasteiger partial charge in [0.25, 0.3) is 5.91 Å². The van der Waals surface area contributed by atoms with Crippen LogP contribution in [0.1, 0.15) is 23.7 Å². The topological polar surface area (TPSA) is 63.2 Å². The van der Waals surface area contributed by atoms with Crippen molar-refractivity contribution in [3.63, 3.8) is 0 Å². The van der Waals surface area contributed by atoms with E-state index < -0.39 is 32.9 Å². The number of rotatable bonds is 2. The zero-order valence-corrected chi connectivity index (χ0v) is 11.1. The Hall–Kier alpha value is -1.50. The van der Waals surface area contributed by atoms with Crippen LogP contribution in [0.25, 0.3) is 0 Å². The minimum absolute atomic E-state index is 0.0154. The van der Waals surface area contributed by atoms with Crippen molar-refractivity contribution in [1.29, 1.82) is 0 Å². The van der Waals surface area contributed by atoms with E-state index in [1.54, 1.807) is 6.92 Å². The molecule has 4 nitrogen and oxygen atoms in total. The SMILES string of the molecule is C[C@@]1(NC(=O)c2ccc(F)c(F)c2)CCS(=O)(=O)C1. The minimum atomic E-state index is -3.15. The second-order valence-corrected chi connectivity index (χ2v) is 7.17. The molecule has 1 aromatic rings. The van der Waals surface area contributed by atoms with E-state index in [2.05, 4.69) is 5.32 Å². The van der Waals surface area contributed by atoms with Crippen LogP contribution in [0.5, 0.6) is 0 Å². The highest BCUT2D eigenvalue weighted by atomic mass is 32.2. The van der Waals surface area contributed by atoms with E-state index in [1.165, 1.54) is 0 Å². The van der Waals surface area contributed by atoms with Crippen LogP contribution < -0.4 is 5.32 Å².